The van der Waals surface area contributed by atoms with E-state index >= 15 is 0 Å². The Hall–Kier alpha value is -2.07. The van der Waals surface area contributed by atoms with Crippen molar-refractivity contribution in [2.75, 3.05) is 5.32 Å². The summed E-state index contributed by atoms with van der Waals surface area (Å²) in [5.74, 6) is -0.994. The molecule has 98 valence electrons. The van der Waals surface area contributed by atoms with Crippen LogP contribution in [-0.2, 0) is 6.54 Å². The van der Waals surface area contributed by atoms with E-state index in [4.69, 9.17) is 16.7 Å². The van der Waals surface area contributed by atoms with Crippen LogP contribution in [0.3, 0.4) is 0 Å². The zero-order valence-corrected chi connectivity index (χ0v) is 11.1. The van der Waals surface area contributed by atoms with Gasteiger partial charge in [-0.05, 0) is 30.7 Å². The van der Waals surface area contributed by atoms with Gasteiger partial charge >= 0.3 is 5.97 Å². The summed E-state index contributed by atoms with van der Waals surface area (Å²) in [7, 11) is 0. The summed E-state index contributed by atoms with van der Waals surface area (Å²) < 4.78 is 0. The first-order valence-corrected chi connectivity index (χ1v) is 6.12. The van der Waals surface area contributed by atoms with E-state index in [1.165, 1.54) is 6.20 Å². The lowest BCUT2D eigenvalue weighted by molar-refractivity contribution is 0.0697. The number of carboxylic acid groups (broad SMARTS) is 1. The first kappa shape index (κ1) is 13.4. The lowest BCUT2D eigenvalue weighted by Gasteiger charge is -2.10. The van der Waals surface area contributed by atoms with Gasteiger partial charge in [0.15, 0.2) is 0 Å². The topological polar surface area (TPSA) is 62.2 Å². The number of aromatic carboxylic acids is 1. The quantitative estimate of drug-likeness (QED) is 0.899. The number of anilines is 1. The highest BCUT2D eigenvalue weighted by Gasteiger charge is 2.10. The van der Waals surface area contributed by atoms with Gasteiger partial charge < -0.3 is 10.4 Å². The minimum atomic E-state index is -0.994. The fraction of sp³-hybridized carbons (Fsp3) is 0.143. The van der Waals surface area contributed by atoms with Crippen LogP contribution < -0.4 is 5.32 Å². The van der Waals surface area contributed by atoms with Crippen LogP contribution in [0.1, 0.15) is 21.6 Å². The Labute approximate surface area is 116 Å². The van der Waals surface area contributed by atoms with E-state index in [1.54, 1.807) is 18.2 Å². The minimum Gasteiger partial charge on any atom is -0.478 e. The third kappa shape index (κ3) is 3.45. The number of hydrogen-bond donors (Lipinski definition) is 2. The molecule has 19 heavy (non-hydrogen) atoms. The molecule has 0 bridgehead atoms. The lowest BCUT2D eigenvalue weighted by atomic mass is 10.2. The predicted molar refractivity (Wildman–Crippen MR) is 74.7 cm³/mol. The zero-order valence-electron chi connectivity index (χ0n) is 10.4. The molecular weight excluding hydrogens is 264 g/mol. The number of pyridine rings is 1. The molecule has 0 saturated heterocycles. The normalized spacial score (nSPS) is 10.2. The van der Waals surface area contributed by atoms with Crippen LogP contribution in [-0.4, -0.2) is 16.1 Å². The van der Waals surface area contributed by atoms with Gasteiger partial charge in [0, 0.05) is 23.5 Å². The molecule has 0 saturated carbocycles. The maximum atomic E-state index is 11.1. The monoisotopic (exact) mass is 276 g/mol. The van der Waals surface area contributed by atoms with Crippen LogP contribution in [0.15, 0.2) is 36.5 Å². The van der Waals surface area contributed by atoms with Crippen molar-refractivity contribution in [2.45, 2.75) is 13.5 Å². The Morgan fingerprint density at radius 3 is 2.68 bits per heavy atom. The van der Waals surface area contributed by atoms with Crippen LogP contribution >= 0.6 is 11.6 Å². The molecule has 2 N–H and O–H groups in total. The number of hydrogen-bond acceptors (Lipinski definition) is 3. The number of nitrogens with one attached hydrogen (secondary N) is 1. The zero-order chi connectivity index (χ0) is 13.8. The molecule has 5 heteroatoms. The van der Waals surface area contributed by atoms with Gasteiger partial charge in [0.05, 0.1) is 5.69 Å². The Morgan fingerprint density at radius 1 is 1.37 bits per heavy atom. The van der Waals surface area contributed by atoms with Crippen LogP contribution in [0, 0.1) is 6.92 Å². The Kier molecular flexibility index (Phi) is 4.02. The van der Waals surface area contributed by atoms with Gasteiger partial charge in [-0.15, -0.1) is 0 Å². The van der Waals surface area contributed by atoms with E-state index in [1.807, 2.05) is 19.1 Å². The number of halogens is 1. The maximum absolute atomic E-state index is 11.1. The molecule has 2 aromatic rings. The number of carboxylic acids is 1. The van der Waals surface area contributed by atoms with Crippen molar-refractivity contribution in [2.24, 2.45) is 0 Å². The minimum absolute atomic E-state index is 0.166. The van der Waals surface area contributed by atoms with E-state index < -0.39 is 5.97 Å². The fourth-order valence-electron chi connectivity index (χ4n) is 1.68. The summed E-state index contributed by atoms with van der Waals surface area (Å²) in [4.78, 5) is 15.1. The summed E-state index contributed by atoms with van der Waals surface area (Å²) in [5.41, 5.74) is 2.52. The Bertz CT molecular complexity index is 597. The van der Waals surface area contributed by atoms with Crippen LogP contribution in [0.5, 0.6) is 0 Å². The SMILES string of the molecule is Cc1cc(NCc2ccc(Cl)cc2)c(C(=O)O)cn1. The molecule has 0 unspecified atom stereocenters. The summed E-state index contributed by atoms with van der Waals surface area (Å²) in [6, 6.07) is 9.11. The van der Waals surface area contributed by atoms with Gasteiger partial charge in [0.25, 0.3) is 0 Å². The highest BCUT2D eigenvalue weighted by molar-refractivity contribution is 6.30. The Morgan fingerprint density at radius 2 is 2.05 bits per heavy atom. The van der Waals surface area contributed by atoms with Gasteiger partial charge in [-0.2, -0.15) is 0 Å². The lowest BCUT2D eigenvalue weighted by Crippen LogP contribution is -2.07. The number of aromatic nitrogens is 1. The third-order valence-corrected chi connectivity index (χ3v) is 2.92. The largest absolute Gasteiger partial charge is 0.478 e. The van der Waals surface area contributed by atoms with Gasteiger partial charge in [0.2, 0.25) is 0 Å². The molecule has 0 aliphatic heterocycles. The molecular formula is C14H13ClN2O2. The second kappa shape index (κ2) is 5.71. The van der Waals surface area contributed by atoms with Crippen molar-refractivity contribution >= 4 is 23.3 Å². The van der Waals surface area contributed by atoms with Crippen molar-refractivity contribution in [3.05, 3.63) is 58.4 Å². The summed E-state index contributed by atoms with van der Waals surface area (Å²) in [6.07, 6.45) is 1.36. The molecule has 0 aliphatic carbocycles. The van der Waals surface area contributed by atoms with Crippen molar-refractivity contribution in [3.8, 4) is 0 Å². The molecule has 2 rings (SSSR count). The number of rotatable bonds is 4. The first-order valence-electron chi connectivity index (χ1n) is 5.74. The number of aryl methyl sites for hydroxylation is 1. The second-order valence-corrected chi connectivity index (χ2v) is 4.59. The summed E-state index contributed by atoms with van der Waals surface area (Å²) >= 11 is 5.81. The van der Waals surface area contributed by atoms with E-state index in [9.17, 15) is 4.79 Å². The van der Waals surface area contributed by atoms with Crippen LogP contribution in [0.4, 0.5) is 5.69 Å². The van der Waals surface area contributed by atoms with Crippen molar-refractivity contribution in [1.29, 1.82) is 0 Å². The highest BCUT2D eigenvalue weighted by Crippen LogP contribution is 2.17. The molecule has 1 aromatic carbocycles. The maximum Gasteiger partial charge on any atom is 0.339 e. The number of carbonyl (C=O) groups is 1. The average molecular weight is 277 g/mol. The molecule has 0 spiro atoms. The third-order valence-electron chi connectivity index (χ3n) is 2.67. The Balaban J connectivity index is 2.16. The van der Waals surface area contributed by atoms with Gasteiger partial charge in [-0.25, -0.2) is 4.79 Å². The molecule has 0 fully saturated rings. The second-order valence-electron chi connectivity index (χ2n) is 4.16. The molecule has 1 aromatic heterocycles. The van der Waals surface area contributed by atoms with E-state index in [-0.39, 0.29) is 5.56 Å². The first-order chi connectivity index (χ1) is 9.06. The van der Waals surface area contributed by atoms with Gasteiger partial charge in [0.1, 0.15) is 5.56 Å². The smallest absolute Gasteiger partial charge is 0.339 e. The molecule has 0 atom stereocenters. The van der Waals surface area contributed by atoms with Crippen molar-refractivity contribution < 1.29 is 9.90 Å². The van der Waals surface area contributed by atoms with E-state index in [0.29, 0.717) is 17.3 Å². The highest BCUT2D eigenvalue weighted by atomic mass is 35.5. The molecule has 0 amide bonds. The van der Waals surface area contributed by atoms with E-state index in [2.05, 4.69) is 10.3 Å². The van der Waals surface area contributed by atoms with Crippen LogP contribution in [0.25, 0.3) is 0 Å². The van der Waals surface area contributed by atoms with Crippen LogP contribution in [0.2, 0.25) is 5.02 Å². The van der Waals surface area contributed by atoms with E-state index in [0.717, 1.165) is 11.3 Å². The van der Waals surface area contributed by atoms with Crippen molar-refractivity contribution in [1.82, 2.24) is 4.98 Å². The molecule has 4 nitrogen and oxygen atoms in total. The fourth-order valence-corrected chi connectivity index (χ4v) is 1.80. The molecule has 0 radical (unpaired) electrons. The average Bonchev–Trinajstić information content (AvgIpc) is 2.38. The molecule has 0 aliphatic rings. The standard InChI is InChI=1S/C14H13ClN2O2/c1-9-6-13(12(8-16-9)14(18)19)17-7-10-2-4-11(15)5-3-10/h2-6,8H,7H2,1H3,(H,16,17)(H,18,19). The number of nitrogens with zero attached hydrogens (tertiary/aromatic N) is 1. The molecule has 1 heterocycles. The van der Waals surface area contributed by atoms with Crippen molar-refractivity contribution in [3.63, 3.8) is 0 Å². The summed E-state index contributed by atoms with van der Waals surface area (Å²) in [5, 5.41) is 12.9. The predicted octanol–water partition coefficient (Wildman–Crippen LogP) is 3.35. The van der Waals surface area contributed by atoms with Gasteiger partial charge in [-0.1, -0.05) is 23.7 Å². The number of benzene rings is 1. The summed E-state index contributed by atoms with van der Waals surface area (Å²) in [6.45, 7) is 2.35. The van der Waals surface area contributed by atoms with Gasteiger partial charge in [-0.3, -0.25) is 4.98 Å².